The topological polar surface area (TPSA) is 17.1 Å². The number of hydrogen-bond donors (Lipinski definition) is 0. The lowest BCUT2D eigenvalue weighted by atomic mass is 9.55. The van der Waals surface area contributed by atoms with Crippen LogP contribution >= 0.6 is 0 Å². The second-order valence-corrected chi connectivity index (χ2v) is 6.06. The highest BCUT2D eigenvalue weighted by Gasteiger charge is 2.44. The van der Waals surface area contributed by atoms with Crippen LogP contribution < -0.4 is 0 Å². The van der Waals surface area contributed by atoms with Crippen molar-refractivity contribution in [3.63, 3.8) is 0 Å². The van der Waals surface area contributed by atoms with Gasteiger partial charge in [0.25, 0.3) is 0 Å². The van der Waals surface area contributed by atoms with E-state index in [9.17, 15) is 4.79 Å². The number of Topliss-reactive ketones (excluding diaryl/α,β-unsaturated/α-hetero) is 1. The van der Waals surface area contributed by atoms with Crippen LogP contribution in [0.5, 0.6) is 0 Å². The number of hydrogen-bond acceptors (Lipinski definition) is 1. The largest absolute Gasteiger partial charge is 0.300 e. The monoisotopic (exact) mass is 194 g/mol. The first-order chi connectivity index (χ1) is 6.50. The van der Waals surface area contributed by atoms with Crippen LogP contribution in [0.2, 0.25) is 0 Å². The van der Waals surface area contributed by atoms with Gasteiger partial charge in [-0.1, -0.05) is 20.8 Å². The SMILES string of the molecule is C[C@H]1CCC(C)(C)[C@@H]2CCC(=O)C[C@H]21. The molecule has 0 saturated heterocycles. The zero-order valence-electron chi connectivity index (χ0n) is 9.68. The summed E-state index contributed by atoms with van der Waals surface area (Å²) in [6.07, 6.45) is 5.54. The first kappa shape index (κ1) is 10.2. The zero-order valence-corrected chi connectivity index (χ0v) is 9.68. The summed E-state index contributed by atoms with van der Waals surface area (Å²) < 4.78 is 0. The number of fused-ring (bicyclic) bond motifs is 1. The molecule has 0 aliphatic heterocycles. The van der Waals surface area contributed by atoms with Crippen molar-refractivity contribution >= 4 is 5.78 Å². The van der Waals surface area contributed by atoms with E-state index in [2.05, 4.69) is 20.8 Å². The highest BCUT2D eigenvalue weighted by Crippen LogP contribution is 2.51. The van der Waals surface area contributed by atoms with Crippen LogP contribution in [0, 0.1) is 23.2 Å². The molecule has 2 aliphatic carbocycles. The molecule has 2 aliphatic rings. The lowest BCUT2D eigenvalue weighted by Crippen LogP contribution is -2.42. The molecule has 80 valence electrons. The molecule has 2 saturated carbocycles. The van der Waals surface area contributed by atoms with Gasteiger partial charge < -0.3 is 0 Å². The quantitative estimate of drug-likeness (QED) is 0.577. The summed E-state index contributed by atoms with van der Waals surface area (Å²) in [4.78, 5) is 11.5. The summed E-state index contributed by atoms with van der Waals surface area (Å²) >= 11 is 0. The molecule has 0 spiro atoms. The number of rotatable bonds is 0. The van der Waals surface area contributed by atoms with Gasteiger partial charge in [-0.2, -0.15) is 0 Å². The van der Waals surface area contributed by atoms with E-state index >= 15 is 0 Å². The highest BCUT2D eigenvalue weighted by molar-refractivity contribution is 5.79. The zero-order chi connectivity index (χ0) is 10.3. The Labute approximate surface area is 87.3 Å². The summed E-state index contributed by atoms with van der Waals surface area (Å²) in [7, 11) is 0. The molecule has 0 aromatic heterocycles. The molecule has 0 aromatic rings. The minimum absolute atomic E-state index is 0.484. The van der Waals surface area contributed by atoms with Crippen LogP contribution in [-0.2, 0) is 4.79 Å². The van der Waals surface area contributed by atoms with Crippen molar-refractivity contribution in [3.05, 3.63) is 0 Å². The van der Waals surface area contributed by atoms with Crippen molar-refractivity contribution in [3.8, 4) is 0 Å². The van der Waals surface area contributed by atoms with E-state index in [4.69, 9.17) is 0 Å². The normalized spacial score (nSPS) is 41.9. The van der Waals surface area contributed by atoms with Gasteiger partial charge in [-0.05, 0) is 42.4 Å². The maximum atomic E-state index is 11.5. The average molecular weight is 194 g/mol. The molecule has 0 radical (unpaired) electrons. The summed E-state index contributed by atoms with van der Waals surface area (Å²) in [5.41, 5.74) is 0.484. The van der Waals surface area contributed by atoms with E-state index in [1.807, 2.05) is 0 Å². The van der Waals surface area contributed by atoms with Gasteiger partial charge in [0.1, 0.15) is 5.78 Å². The highest BCUT2D eigenvalue weighted by atomic mass is 16.1. The molecule has 1 heteroatoms. The van der Waals surface area contributed by atoms with E-state index in [0.717, 1.165) is 31.1 Å². The number of ketones is 1. The van der Waals surface area contributed by atoms with Crippen molar-refractivity contribution in [2.45, 2.75) is 52.9 Å². The van der Waals surface area contributed by atoms with Crippen LogP contribution in [0.3, 0.4) is 0 Å². The summed E-state index contributed by atoms with van der Waals surface area (Å²) in [5, 5.41) is 0. The molecular weight excluding hydrogens is 172 g/mol. The third-order valence-corrected chi connectivity index (χ3v) is 4.69. The van der Waals surface area contributed by atoms with Gasteiger partial charge >= 0.3 is 0 Å². The molecule has 3 atom stereocenters. The van der Waals surface area contributed by atoms with Gasteiger partial charge in [0.2, 0.25) is 0 Å². The maximum absolute atomic E-state index is 11.5. The molecular formula is C13H22O. The van der Waals surface area contributed by atoms with E-state index in [-0.39, 0.29) is 0 Å². The van der Waals surface area contributed by atoms with Gasteiger partial charge in [-0.25, -0.2) is 0 Å². The van der Waals surface area contributed by atoms with Gasteiger partial charge in [0.15, 0.2) is 0 Å². The van der Waals surface area contributed by atoms with Gasteiger partial charge in [0.05, 0.1) is 0 Å². The second-order valence-electron chi connectivity index (χ2n) is 6.06. The standard InChI is InChI=1S/C13H22O/c1-9-6-7-13(2,3)12-5-4-10(14)8-11(9)12/h9,11-12H,4-8H2,1-3H3/t9-,11-,12+/m0/s1. The Morgan fingerprint density at radius 1 is 1.29 bits per heavy atom. The first-order valence-electron chi connectivity index (χ1n) is 6.02. The Balaban J connectivity index is 2.18. The van der Waals surface area contributed by atoms with Crippen LogP contribution in [0.25, 0.3) is 0 Å². The lowest BCUT2D eigenvalue weighted by molar-refractivity contribution is -0.126. The van der Waals surface area contributed by atoms with Gasteiger partial charge in [0, 0.05) is 12.8 Å². The van der Waals surface area contributed by atoms with Crippen LogP contribution in [0.4, 0.5) is 0 Å². The molecule has 1 nitrogen and oxygen atoms in total. The molecule has 0 amide bonds. The molecule has 14 heavy (non-hydrogen) atoms. The van der Waals surface area contributed by atoms with Gasteiger partial charge in [-0.15, -0.1) is 0 Å². The predicted molar refractivity (Wildman–Crippen MR) is 58.0 cm³/mol. The van der Waals surface area contributed by atoms with E-state index < -0.39 is 0 Å². The number of carbonyl (C=O) groups excluding carboxylic acids is 1. The fraction of sp³-hybridized carbons (Fsp3) is 0.923. The Kier molecular flexibility index (Phi) is 2.45. The summed E-state index contributed by atoms with van der Waals surface area (Å²) in [6.45, 7) is 7.13. The average Bonchev–Trinajstić information content (AvgIpc) is 2.12. The summed E-state index contributed by atoms with van der Waals surface area (Å²) in [5.74, 6) is 2.79. The molecule has 2 rings (SSSR count). The van der Waals surface area contributed by atoms with Crippen molar-refractivity contribution in [2.24, 2.45) is 23.2 Å². The lowest BCUT2D eigenvalue weighted by Gasteiger charge is -2.49. The maximum Gasteiger partial charge on any atom is 0.133 e. The second kappa shape index (κ2) is 3.36. The number of carbonyl (C=O) groups is 1. The minimum atomic E-state index is 0.484. The Morgan fingerprint density at radius 3 is 2.71 bits per heavy atom. The van der Waals surface area contributed by atoms with E-state index in [0.29, 0.717) is 17.1 Å². The van der Waals surface area contributed by atoms with Gasteiger partial charge in [-0.3, -0.25) is 4.79 Å². The third-order valence-electron chi connectivity index (χ3n) is 4.69. The van der Waals surface area contributed by atoms with E-state index in [1.54, 1.807) is 0 Å². The van der Waals surface area contributed by atoms with Crippen molar-refractivity contribution in [1.29, 1.82) is 0 Å². The predicted octanol–water partition coefficient (Wildman–Crippen LogP) is 3.43. The molecule has 0 aromatic carbocycles. The minimum Gasteiger partial charge on any atom is -0.300 e. The fourth-order valence-corrected chi connectivity index (χ4v) is 3.60. The van der Waals surface area contributed by atoms with Crippen LogP contribution in [0.1, 0.15) is 52.9 Å². The first-order valence-corrected chi connectivity index (χ1v) is 6.02. The third kappa shape index (κ3) is 1.62. The Morgan fingerprint density at radius 2 is 2.00 bits per heavy atom. The molecule has 0 heterocycles. The summed E-state index contributed by atoms with van der Waals surface area (Å²) in [6, 6.07) is 0. The van der Waals surface area contributed by atoms with Crippen molar-refractivity contribution < 1.29 is 4.79 Å². The Bertz CT molecular complexity index is 242. The Hall–Kier alpha value is -0.330. The molecule has 2 fully saturated rings. The smallest absolute Gasteiger partial charge is 0.133 e. The molecule has 0 bridgehead atoms. The molecule has 0 unspecified atom stereocenters. The van der Waals surface area contributed by atoms with Crippen LogP contribution in [0.15, 0.2) is 0 Å². The van der Waals surface area contributed by atoms with E-state index in [1.165, 1.54) is 12.8 Å². The van der Waals surface area contributed by atoms with Crippen molar-refractivity contribution in [1.82, 2.24) is 0 Å². The molecule has 0 N–H and O–H groups in total. The van der Waals surface area contributed by atoms with Crippen LogP contribution in [-0.4, -0.2) is 5.78 Å². The van der Waals surface area contributed by atoms with Crippen molar-refractivity contribution in [2.75, 3.05) is 0 Å². The fourth-order valence-electron chi connectivity index (χ4n) is 3.60.